The molecular formula is C26H28N2O. The van der Waals surface area contributed by atoms with Crippen LogP contribution in [0.25, 0.3) is 0 Å². The first kappa shape index (κ1) is 19.3. The van der Waals surface area contributed by atoms with Crippen LogP contribution in [0.3, 0.4) is 0 Å². The van der Waals surface area contributed by atoms with Crippen LogP contribution < -0.4 is 10.2 Å². The number of benzene rings is 3. The minimum Gasteiger partial charge on any atom is -0.367 e. The minimum atomic E-state index is 0.00677. The van der Waals surface area contributed by atoms with E-state index in [0.29, 0.717) is 6.54 Å². The molecule has 4 rings (SSSR count). The first-order chi connectivity index (χ1) is 14.2. The molecule has 0 fully saturated rings. The van der Waals surface area contributed by atoms with Crippen LogP contribution >= 0.6 is 0 Å². The van der Waals surface area contributed by atoms with Crippen LogP contribution in [-0.2, 0) is 19.4 Å². The Balaban J connectivity index is 1.26. The van der Waals surface area contributed by atoms with Gasteiger partial charge in [-0.3, -0.25) is 4.79 Å². The second-order valence-electron chi connectivity index (χ2n) is 7.85. The van der Waals surface area contributed by atoms with Gasteiger partial charge in [-0.05, 0) is 61.1 Å². The predicted octanol–water partition coefficient (Wildman–Crippen LogP) is 4.92. The maximum Gasteiger partial charge on any atom is 0.251 e. The largest absolute Gasteiger partial charge is 0.367 e. The lowest BCUT2D eigenvalue weighted by atomic mass is 10.1. The molecule has 148 valence electrons. The molecule has 3 heteroatoms. The number of nitrogens with one attached hydrogen (secondary N) is 1. The molecule has 0 unspecified atom stereocenters. The lowest BCUT2D eigenvalue weighted by molar-refractivity contribution is 0.0953. The standard InChI is InChI=1S/C26H28N2O/c1-20-6-4-7-21(18-20)8-5-16-27-26(29)24-13-11-22(12-14-24)19-28-17-15-23-9-2-3-10-25(23)28/h2-4,6-7,9-14,18H,5,8,15-17,19H2,1H3,(H,27,29). The Kier molecular flexibility index (Phi) is 5.95. The van der Waals surface area contributed by atoms with E-state index in [-0.39, 0.29) is 5.91 Å². The van der Waals surface area contributed by atoms with E-state index in [9.17, 15) is 4.79 Å². The van der Waals surface area contributed by atoms with Gasteiger partial charge in [0.15, 0.2) is 0 Å². The molecule has 0 atom stereocenters. The van der Waals surface area contributed by atoms with Gasteiger partial charge in [0, 0.05) is 30.9 Å². The van der Waals surface area contributed by atoms with Crippen molar-refractivity contribution in [1.82, 2.24) is 5.32 Å². The van der Waals surface area contributed by atoms with Gasteiger partial charge in [-0.2, -0.15) is 0 Å². The summed E-state index contributed by atoms with van der Waals surface area (Å²) in [6.45, 7) is 4.74. The molecule has 3 aromatic carbocycles. The van der Waals surface area contributed by atoms with E-state index in [4.69, 9.17) is 0 Å². The zero-order chi connectivity index (χ0) is 20.1. The molecular weight excluding hydrogens is 356 g/mol. The summed E-state index contributed by atoms with van der Waals surface area (Å²) < 4.78 is 0. The molecule has 3 nitrogen and oxygen atoms in total. The van der Waals surface area contributed by atoms with Gasteiger partial charge in [0.05, 0.1) is 0 Å². The van der Waals surface area contributed by atoms with Crippen molar-refractivity contribution in [3.05, 3.63) is 101 Å². The van der Waals surface area contributed by atoms with Crippen molar-refractivity contribution in [2.45, 2.75) is 32.7 Å². The predicted molar refractivity (Wildman–Crippen MR) is 119 cm³/mol. The number of fused-ring (bicyclic) bond motifs is 1. The lowest BCUT2D eigenvalue weighted by Crippen LogP contribution is -2.25. The van der Waals surface area contributed by atoms with Crippen molar-refractivity contribution in [2.75, 3.05) is 18.0 Å². The summed E-state index contributed by atoms with van der Waals surface area (Å²) in [5.41, 5.74) is 7.33. The van der Waals surface area contributed by atoms with Gasteiger partial charge >= 0.3 is 0 Å². The zero-order valence-corrected chi connectivity index (χ0v) is 17.0. The summed E-state index contributed by atoms with van der Waals surface area (Å²) in [6, 6.07) is 25.2. The van der Waals surface area contributed by atoms with E-state index in [2.05, 4.69) is 77.8 Å². The van der Waals surface area contributed by atoms with Crippen LogP contribution in [0.1, 0.15) is 39.0 Å². The number of aryl methyl sites for hydroxylation is 2. The molecule has 0 bridgehead atoms. The first-order valence-electron chi connectivity index (χ1n) is 10.4. The zero-order valence-electron chi connectivity index (χ0n) is 17.0. The molecule has 0 radical (unpaired) electrons. The third-order valence-corrected chi connectivity index (χ3v) is 5.58. The molecule has 1 aliphatic rings. The fourth-order valence-electron chi connectivity index (χ4n) is 4.02. The highest BCUT2D eigenvalue weighted by atomic mass is 16.1. The van der Waals surface area contributed by atoms with E-state index < -0.39 is 0 Å². The number of amides is 1. The summed E-state index contributed by atoms with van der Waals surface area (Å²) in [6.07, 6.45) is 3.04. The summed E-state index contributed by atoms with van der Waals surface area (Å²) in [4.78, 5) is 14.8. The van der Waals surface area contributed by atoms with Crippen LogP contribution in [0.4, 0.5) is 5.69 Å². The maximum atomic E-state index is 12.4. The van der Waals surface area contributed by atoms with E-state index >= 15 is 0 Å². The van der Waals surface area contributed by atoms with Crippen molar-refractivity contribution in [3.8, 4) is 0 Å². The van der Waals surface area contributed by atoms with E-state index in [0.717, 1.165) is 37.9 Å². The van der Waals surface area contributed by atoms with Crippen LogP contribution in [0, 0.1) is 6.92 Å². The molecule has 0 saturated carbocycles. The van der Waals surface area contributed by atoms with Gasteiger partial charge in [-0.1, -0.05) is 60.2 Å². The Labute approximate surface area is 173 Å². The number of rotatable bonds is 7. The molecule has 1 N–H and O–H groups in total. The van der Waals surface area contributed by atoms with Gasteiger partial charge in [-0.15, -0.1) is 0 Å². The first-order valence-corrected chi connectivity index (χ1v) is 10.4. The van der Waals surface area contributed by atoms with Crippen LogP contribution in [-0.4, -0.2) is 19.0 Å². The number of para-hydroxylation sites is 1. The van der Waals surface area contributed by atoms with Crippen LogP contribution in [0.15, 0.2) is 72.8 Å². The Morgan fingerprint density at radius 3 is 2.62 bits per heavy atom. The monoisotopic (exact) mass is 384 g/mol. The van der Waals surface area contributed by atoms with Crippen molar-refractivity contribution in [1.29, 1.82) is 0 Å². The molecule has 1 heterocycles. The molecule has 29 heavy (non-hydrogen) atoms. The average Bonchev–Trinajstić information content (AvgIpc) is 3.15. The van der Waals surface area contributed by atoms with E-state index in [1.807, 2.05) is 12.1 Å². The molecule has 0 saturated heterocycles. The fourth-order valence-corrected chi connectivity index (χ4v) is 4.02. The van der Waals surface area contributed by atoms with Crippen molar-refractivity contribution < 1.29 is 4.79 Å². The topological polar surface area (TPSA) is 32.3 Å². The van der Waals surface area contributed by atoms with Gasteiger partial charge in [0.1, 0.15) is 0 Å². The van der Waals surface area contributed by atoms with Crippen LogP contribution in [0.2, 0.25) is 0 Å². The van der Waals surface area contributed by atoms with Crippen molar-refractivity contribution in [3.63, 3.8) is 0 Å². The molecule has 1 aliphatic heterocycles. The molecule has 0 aliphatic carbocycles. The summed E-state index contributed by atoms with van der Waals surface area (Å²) >= 11 is 0. The summed E-state index contributed by atoms with van der Waals surface area (Å²) in [5.74, 6) is 0.00677. The molecule has 0 aromatic heterocycles. The number of hydrogen-bond acceptors (Lipinski definition) is 2. The molecule has 1 amide bonds. The SMILES string of the molecule is Cc1cccc(CCCNC(=O)c2ccc(CN3CCc4ccccc43)cc2)c1. The van der Waals surface area contributed by atoms with E-state index in [1.165, 1.54) is 27.9 Å². The van der Waals surface area contributed by atoms with Gasteiger partial charge in [0.2, 0.25) is 0 Å². The van der Waals surface area contributed by atoms with Crippen molar-refractivity contribution in [2.24, 2.45) is 0 Å². The molecule has 3 aromatic rings. The van der Waals surface area contributed by atoms with Gasteiger partial charge in [-0.25, -0.2) is 0 Å². The Hall–Kier alpha value is -3.07. The quantitative estimate of drug-likeness (QED) is 0.587. The van der Waals surface area contributed by atoms with Gasteiger partial charge in [0.25, 0.3) is 5.91 Å². The Bertz CT molecular complexity index is 978. The van der Waals surface area contributed by atoms with E-state index in [1.54, 1.807) is 0 Å². The van der Waals surface area contributed by atoms with Crippen LogP contribution in [0.5, 0.6) is 0 Å². The second-order valence-corrected chi connectivity index (χ2v) is 7.85. The highest BCUT2D eigenvalue weighted by Crippen LogP contribution is 2.28. The Morgan fingerprint density at radius 2 is 1.79 bits per heavy atom. The lowest BCUT2D eigenvalue weighted by Gasteiger charge is -2.19. The number of carbonyl (C=O) groups excluding carboxylic acids is 1. The Morgan fingerprint density at radius 1 is 0.966 bits per heavy atom. The normalized spacial score (nSPS) is 12.7. The number of hydrogen-bond donors (Lipinski definition) is 1. The third-order valence-electron chi connectivity index (χ3n) is 5.58. The highest BCUT2D eigenvalue weighted by Gasteiger charge is 2.18. The summed E-state index contributed by atoms with van der Waals surface area (Å²) in [7, 11) is 0. The summed E-state index contributed by atoms with van der Waals surface area (Å²) in [5, 5.41) is 3.04. The second kappa shape index (κ2) is 8.95. The minimum absolute atomic E-state index is 0.00677. The number of nitrogens with zero attached hydrogens (tertiary/aromatic N) is 1. The number of carbonyl (C=O) groups is 1. The smallest absolute Gasteiger partial charge is 0.251 e. The average molecular weight is 385 g/mol. The highest BCUT2D eigenvalue weighted by molar-refractivity contribution is 5.94. The molecule has 0 spiro atoms. The number of anilines is 1. The van der Waals surface area contributed by atoms with Gasteiger partial charge < -0.3 is 10.2 Å². The maximum absolute atomic E-state index is 12.4. The third kappa shape index (κ3) is 4.86. The van der Waals surface area contributed by atoms with Crippen molar-refractivity contribution >= 4 is 11.6 Å². The fraction of sp³-hybridized carbons (Fsp3) is 0.269.